The van der Waals surface area contributed by atoms with E-state index >= 15 is 0 Å². The van der Waals surface area contributed by atoms with Crippen molar-refractivity contribution in [2.45, 2.75) is 17.2 Å². The molecule has 0 bridgehead atoms. The lowest BCUT2D eigenvalue weighted by atomic mass is 10.2. The van der Waals surface area contributed by atoms with E-state index in [1.807, 2.05) is 0 Å². The fourth-order valence-corrected chi connectivity index (χ4v) is 4.43. The van der Waals surface area contributed by atoms with Crippen LogP contribution < -0.4 is 10.0 Å². The number of carbonyl (C=O) groups is 4. The standard InChI is InChI=1S/C15H17N3O7S2.C2H4O2/c1-18-8-12(14(21)16-4-5-19)26-13(18)7-17-27(24,25)9-2-3-11(20)10(6-9)15(22)23;1-2(3)4/h2-3,5-6,8,13,17,20H,4,7H2,1H3,(H,16,21)(H,22,23);1H3,(H,3,4). The summed E-state index contributed by atoms with van der Waals surface area (Å²) in [6.45, 7) is 0.901. The third-order valence-corrected chi connectivity index (χ3v) is 6.30. The maximum Gasteiger partial charge on any atom is 0.339 e. The van der Waals surface area contributed by atoms with Crippen molar-refractivity contribution in [3.05, 3.63) is 34.9 Å². The molecule has 0 spiro atoms. The Hall–Kier alpha value is -3.10. The lowest BCUT2D eigenvalue weighted by Crippen LogP contribution is -2.36. The van der Waals surface area contributed by atoms with Crippen LogP contribution in [-0.4, -0.2) is 78.3 Å². The van der Waals surface area contributed by atoms with Crippen LogP contribution in [0.5, 0.6) is 5.75 Å². The molecule has 0 saturated heterocycles. The molecule has 1 aromatic rings. The maximum absolute atomic E-state index is 12.4. The van der Waals surface area contributed by atoms with Gasteiger partial charge in [-0.1, -0.05) is 11.8 Å². The summed E-state index contributed by atoms with van der Waals surface area (Å²) in [6.07, 6.45) is 2.09. The second-order valence-corrected chi connectivity index (χ2v) is 8.95. The predicted octanol–water partition coefficient (Wildman–Crippen LogP) is -0.379. The smallest absolute Gasteiger partial charge is 0.339 e. The molecule has 1 aliphatic rings. The molecule has 0 radical (unpaired) electrons. The fourth-order valence-electron chi connectivity index (χ4n) is 2.17. The average Bonchev–Trinajstić information content (AvgIpc) is 3.05. The molecule has 1 amide bonds. The second kappa shape index (κ2) is 11.3. The number of amides is 1. The van der Waals surface area contributed by atoms with Gasteiger partial charge < -0.3 is 30.3 Å². The van der Waals surface area contributed by atoms with Crippen LogP contribution in [0.1, 0.15) is 17.3 Å². The van der Waals surface area contributed by atoms with E-state index in [0.29, 0.717) is 11.2 Å². The summed E-state index contributed by atoms with van der Waals surface area (Å²) in [5.74, 6) is -3.26. The Morgan fingerprint density at radius 2 is 1.87 bits per heavy atom. The highest BCUT2D eigenvalue weighted by molar-refractivity contribution is 8.04. The first-order chi connectivity index (χ1) is 14.4. The van der Waals surface area contributed by atoms with Gasteiger partial charge >= 0.3 is 5.97 Å². The van der Waals surface area contributed by atoms with Crippen molar-refractivity contribution < 1.29 is 42.9 Å². The van der Waals surface area contributed by atoms with Crippen molar-refractivity contribution >= 4 is 45.9 Å². The highest BCUT2D eigenvalue weighted by Crippen LogP contribution is 2.31. The first kappa shape index (κ1) is 25.9. The van der Waals surface area contributed by atoms with E-state index in [4.69, 9.17) is 15.0 Å². The Kier molecular flexibility index (Phi) is 9.48. The Bertz CT molecular complexity index is 989. The van der Waals surface area contributed by atoms with E-state index in [1.165, 1.54) is 6.20 Å². The third kappa shape index (κ3) is 7.92. The number of aromatic carboxylic acids is 1. The zero-order valence-corrected chi connectivity index (χ0v) is 18.1. The molecule has 12 nitrogen and oxygen atoms in total. The molecule has 0 fully saturated rings. The first-order valence-corrected chi connectivity index (χ1v) is 10.8. The quantitative estimate of drug-likeness (QED) is 0.308. The third-order valence-electron chi connectivity index (χ3n) is 3.56. The van der Waals surface area contributed by atoms with Gasteiger partial charge in [-0.25, -0.2) is 17.9 Å². The van der Waals surface area contributed by atoms with E-state index < -0.39 is 44.6 Å². The topological polar surface area (TPSA) is 190 Å². The van der Waals surface area contributed by atoms with Crippen LogP contribution in [0.25, 0.3) is 0 Å². The molecule has 31 heavy (non-hydrogen) atoms. The number of aldehydes is 1. The number of likely N-dealkylation sites (N-methyl/N-ethyl adjacent to an activating group) is 1. The van der Waals surface area contributed by atoms with Gasteiger partial charge in [0.2, 0.25) is 10.0 Å². The summed E-state index contributed by atoms with van der Waals surface area (Å²) in [4.78, 5) is 43.9. The number of sulfonamides is 1. The molecule has 1 aromatic carbocycles. The van der Waals surface area contributed by atoms with Gasteiger partial charge in [-0.3, -0.25) is 9.59 Å². The minimum atomic E-state index is -4.03. The lowest BCUT2D eigenvalue weighted by Gasteiger charge is -2.20. The highest BCUT2D eigenvalue weighted by Gasteiger charge is 2.28. The van der Waals surface area contributed by atoms with Crippen LogP contribution >= 0.6 is 11.8 Å². The van der Waals surface area contributed by atoms with Gasteiger partial charge in [0, 0.05) is 26.7 Å². The van der Waals surface area contributed by atoms with Gasteiger partial charge in [-0.05, 0) is 18.2 Å². The van der Waals surface area contributed by atoms with Crippen molar-refractivity contribution in [3.8, 4) is 5.75 Å². The van der Waals surface area contributed by atoms with Gasteiger partial charge in [0.15, 0.2) is 0 Å². The van der Waals surface area contributed by atoms with Crippen LogP contribution in [0.4, 0.5) is 0 Å². The van der Waals surface area contributed by atoms with Gasteiger partial charge in [0.25, 0.3) is 11.9 Å². The number of rotatable bonds is 8. The summed E-state index contributed by atoms with van der Waals surface area (Å²) < 4.78 is 27.1. The molecule has 1 heterocycles. The molecule has 170 valence electrons. The van der Waals surface area contributed by atoms with E-state index in [0.717, 1.165) is 36.9 Å². The number of hydrogen-bond donors (Lipinski definition) is 5. The zero-order chi connectivity index (χ0) is 23.8. The van der Waals surface area contributed by atoms with E-state index in [9.17, 15) is 27.9 Å². The number of thioether (sulfide) groups is 1. The molecule has 0 aromatic heterocycles. The van der Waals surface area contributed by atoms with Crippen molar-refractivity contribution in [2.24, 2.45) is 0 Å². The van der Waals surface area contributed by atoms with Crippen LogP contribution in [0.15, 0.2) is 34.2 Å². The lowest BCUT2D eigenvalue weighted by molar-refractivity contribution is -0.134. The van der Waals surface area contributed by atoms with Crippen molar-refractivity contribution in [1.29, 1.82) is 0 Å². The number of nitrogens with zero attached hydrogens (tertiary/aromatic N) is 1. The number of aliphatic carboxylic acids is 1. The Morgan fingerprint density at radius 3 is 2.42 bits per heavy atom. The molecular weight excluding hydrogens is 454 g/mol. The first-order valence-electron chi connectivity index (χ1n) is 8.46. The van der Waals surface area contributed by atoms with Gasteiger partial charge in [0.1, 0.15) is 17.6 Å². The zero-order valence-electron chi connectivity index (χ0n) is 16.4. The number of carboxylic acid groups (broad SMARTS) is 2. The van der Waals surface area contributed by atoms with Crippen molar-refractivity contribution in [1.82, 2.24) is 14.9 Å². The van der Waals surface area contributed by atoms with E-state index in [1.54, 1.807) is 11.9 Å². The molecule has 0 saturated carbocycles. The SMILES string of the molecule is CC(=O)O.CN1C=C(C(=O)NCC=O)SC1CNS(=O)(=O)c1ccc(O)c(C(=O)O)c1. The summed E-state index contributed by atoms with van der Waals surface area (Å²) >= 11 is 1.12. The van der Waals surface area contributed by atoms with E-state index in [-0.39, 0.29) is 18.0 Å². The van der Waals surface area contributed by atoms with Gasteiger partial charge in [-0.15, -0.1) is 0 Å². The van der Waals surface area contributed by atoms with Crippen molar-refractivity contribution in [3.63, 3.8) is 0 Å². The van der Waals surface area contributed by atoms with Gasteiger partial charge in [-0.2, -0.15) is 0 Å². The van der Waals surface area contributed by atoms with Crippen molar-refractivity contribution in [2.75, 3.05) is 20.1 Å². The number of hydrogen-bond acceptors (Lipinski definition) is 9. The minimum absolute atomic E-state index is 0.0618. The second-order valence-electron chi connectivity index (χ2n) is 5.96. The maximum atomic E-state index is 12.4. The number of nitrogens with one attached hydrogen (secondary N) is 2. The summed E-state index contributed by atoms with van der Waals surface area (Å²) in [5.41, 5.74) is -0.527. The molecule has 5 N–H and O–H groups in total. The fraction of sp³-hybridized carbons (Fsp3) is 0.294. The van der Waals surface area contributed by atoms with Crippen LogP contribution in [-0.2, 0) is 24.4 Å². The number of carboxylic acids is 2. The van der Waals surface area contributed by atoms with Crippen LogP contribution in [0.2, 0.25) is 0 Å². The number of benzene rings is 1. The predicted molar refractivity (Wildman–Crippen MR) is 110 cm³/mol. The number of aromatic hydroxyl groups is 1. The summed E-state index contributed by atoms with van der Waals surface area (Å²) in [7, 11) is -2.37. The van der Waals surface area contributed by atoms with Crippen LogP contribution in [0, 0.1) is 0 Å². The molecule has 0 aliphatic carbocycles. The number of carbonyl (C=O) groups excluding carboxylic acids is 2. The molecule has 14 heteroatoms. The summed E-state index contributed by atoms with van der Waals surface area (Å²) in [5, 5.41) is 27.9. The molecule has 1 atom stereocenters. The largest absolute Gasteiger partial charge is 0.507 e. The normalized spacial score (nSPS) is 15.4. The number of phenols is 1. The average molecular weight is 476 g/mol. The van der Waals surface area contributed by atoms with Crippen LogP contribution in [0.3, 0.4) is 0 Å². The molecular formula is C17H21N3O9S2. The summed E-state index contributed by atoms with van der Waals surface area (Å²) in [6, 6.07) is 2.94. The van der Waals surface area contributed by atoms with E-state index in [2.05, 4.69) is 10.0 Å². The minimum Gasteiger partial charge on any atom is -0.507 e. The Balaban J connectivity index is 0.00000110. The Labute approximate surface area is 182 Å². The molecule has 2 rings (SSSR count). The molecule has 1 aliphatic heterocycles. The highest BCUT2D eigenvalue weighted by atomic mass is 32.2. The monoisotopic (exact) mass is 475 g/mol. The Morgan fingerprint density at radius 1 is 1.26 bits per heavy atom. The van der Waals surface area contributed by atoms with Gasteiger partial charge in [0.05, 0.1) is 21.7 Å². The molecule has 1 unspecified atom stereocenters.